The molecule has 0 amide bonds. The zero-order valence-corrected chi connectivity index (χ0v) is 10.1. The predicted octanol–water partition coefficient (Wildman–Crippen LogP) is 1.48. The van der Waals surface area contributed by atoms with Crippen LogP contribution in [0.3, 0.4) is 0 Å². The molecule has 0 atom stereocenters. The number of anilines is 1. The lowest BCUT2D eigenvalue weighted by atomic mass is 9.82. The van der Waals surface area contributed by atoms with Crippen molar-refractivity contribution in [3.63, 3.8) is 0 Å². The third-order valence-corrected chi connectivity index (χ3v) is 3.24. The number of hydrogen-bond acceptors (Lipinski definition) is 5. The predicted molar refractivity (Wildman–Crippen MR) is 67.3 cm³/mol. The van der Waals surface area contributed by atoms with E-state index in [2.05, 4.69) is 5.32 Å². The summed E-state index contributed by atoms with van der Waals surface area (Å²) in [5.41, 5.74) is -0.00409. The molecule has 0 aliphatic heterocycles. The molecular weight excluding hydrogens is 252 g/mol. The van der Waals surface area contributed by atoms with Crippen LogP contribution in [0, 0.1) is 16.0 Å². The monoisotopic (exact) mass is 266 g/mol. The summed E-state index contributed by atoms with van der Waals surface area (Å²) < 4.78 is 0. The number of carbonyl (C=O) groups is 1. The second-order valence-electron chi connectivity index (χ2n) is 4.66. The van der Waals surface area contributed by atoms with Gasteiger partial charge in [-0.15, -0.1) is 0 Å². The fourth-order valence-corrected chi connectivity index (χ4v) is 2.10. The second-order valence-corrected chi connectivity index (χ2v) is 4.66. The maximum atomic E-state index is 11.1. The molecule has 1 aliphatic rings. The van der Waals surface area contributed by atoms with Crippen molar-refractivity contribution < 1.29 is 19.9 Å². The van der Waals surface area contributed by atoms with Crippen molar-refractivity contribution in [1.29, 1.82) is 0 Å². The van der Waals surface area contributed by atoms with Gasteiger partial charge in [0, 0.05) is 24.4 Å². The number of aliphatic hydroxyl groups excluding tert-OH is 1. The quantitative estimate of drug-likeness (QED) is 0.549. The van der Waals surface area contributed by atoms with Crippen LogP contribution in [0.2, 0.25) is 0 Å². The highest BCUT2D eigenvalue weighted by molar-refractivity contribution is 5.95. The van der Waals surface area contributed by atoms with Crippen LogP contribution in [-0.2, 0) is 0 Å². The fraction of sp³-hybridized carbons (Fsp3) is 0.417. The molecule has 3 N–H and O–H groups in total. The Morgan fingerprint density at radius 3 is 2.68 bits per heavy atom. The maximum absolute atomic E-state index is 11.1. The second kappa shape index (κ2) is 5.23. The molecule has 0 unspecified atom stereocenters. The molecule has 0 bridgehead atoms. The van der Waals surface area contributed by atoms with E-state index in [1.54, 1.807) is 0 Å². The average Bonchev–Trinajstić information content (AvgIpc) is 2.32. The van der Waals surface area contributed by atoms with Gasteiger partial charge in [-0.3, -0.25) is 10.1 Å². The van der Waals surface area contributed by atoms with Gasteiger partial charge in [-0.25, -0.2) is 4.79 Å². The number of hydrogen-bond donors (Lipinski definition) is 3. The Bertz CT molecular complexity index is 511. The van der Waals surface area contributed by atoms with Crippen molar-refractivity contribution >= 4 is 17.3 Å². The van der Waals surface area contributed by atoms with Crippen LogP contribution < -0.4 is 5.32 Å². The third-order valence-electron chi connectivity index (χ3n) is 3.24. The summed E-state index contributed by atoms with van der Waals surface area (Å²) >= 11 is 0. The van der Waals surface area contributed by atoms with Crippen LogP contribution in [0.15, 0.2) is 18.2 Å². The molecule has 102 valence electrons. The summed E-state index contributed by atoms with van der Waals surface area (Å²) in [6.45, 7) is 0.551. The molecule has 1 fully saturated rings. The van der Waals surface area contributed by atoms with Gasteiger partial charge in [0.2, 0.25) is 0 Å². The van der Waals surface area contributed by atoms with Gasteiger partial charge >= 0.3 is 5.97 Å². The van der Waals surface area contributed by atoms with Gasteiger partial charge in [0.05, 0.1) is 16.6 Å². The van der Waals surface area contributed by atoms with Gasteiger partial charge in [0.1, 0.15) is 0 Å². The summed E-state index contributed by atoms with van der Waals surface area (Å²) in [6.07, 6.45) is 1.13. The molecule has 0 radical (unpaired) electrons. The standard InChI is InChI=1S/C12H14N2O5/c15-9-3-7(4-9)6-13-11-2-1-8(14(18)19)5-10(11)12(16)17/h1-2,5,7,9,13,15H,3-4,6H2,(H,16,17). The first kappa shape index (κ1) is 13.3. The number of carboxylic acids is 1. The number of nitrogens with one attached hydrogen (secondary N) is 1. The number of benzene rings is 1. The first-order valence-corrected chi connectivity index (χ1v) is 5.91. The number of carboxylic acid groups (broad SMARTS) is 1. The van der Waals surface area contributed by atoms with E-state index in [4.69, 9.17) is 10.2 Å². The van der Waals surface area contributed by atoms with E-state index in [1.165, 1.54) is 12.1 Å². The van der Waals surface area contributed by atoms with E-state index >= 15 is 0 Å². The van der Waals surface area contributed by atoms with E-state index in [9.17, 15) is 14.9 Å². The Morgan fingerprint density at radius 2 is 2.16 bits per heavy atom. The number of aromatic carboxylic acids is 1. The Balaban J connectivity index is 2.10. The van der Waals surface area contributed by atoms with Crippen molar-refractivity contribution in [2.75, 3.05) is 11.9 Å². The number of nitro benzene ring substituents is 1. The van der Waals surface area contributed by atoms with Gasteiger partial charge in [0.15, 0.2) is 0 Å². The van der Waals surface area contributed by atoms with Crippen LogP contribution in [0.1, 0.15) is 23.2 Å². The normalized spacial score (nSPS) is 21.5. The van der Waals surface area contributed by atoms with Crippen molar-refractivity contribution in [2.24, 2.45) is 5.92 Å². The van der Waals surface area contributed by atoms with Crippen LogP contribution >= 0.6 is 0 Å². The molecule has 0 saturated heterocycles. The van der Waals surface area contributed by atoms with Crippen LogP contribution in [0.4, 0.5) is 11.4 Å². The topological polar surface area (TPSA) is 113 Å². The van der Waals surface area contributed by atoms with E-state index in [0.717, 1.165) is 6.07 Å². The minimum absolute atomic E-state index is 0.117. The molecular formula is C12H14N2O5. The van der Waals surface area contributed by atoms with E-state index in [-0.39, 0.29) is 17.4 Å². The average molecular weight is 266 g/mol. The molecule has 7 heteroatoms. The largest absolute Gasteiger partial charge is 0.478 e. The first-order valence-electron chi connectivity index (χ1n) is 5.91. The van der Waals surface area contributed by atoms with Crippen molar-refractivity contribution in [1.82, 2.24) is 0 Å². The molecule has 1 aromatic carbocycles. The maximum Gasteiger partial charge on any atom is 0.338 e. The van der Waals surface area contributed by atoms with Crippen LogP contribution in [0.5, 0.6) is 0 Å². The van der Waals surface area contributed by atoms with Crippen LogP contribution in [0.25, 0.3) is 0 Å². The first-order chi connectivity index (χ1) is 8.97. The number of aliphatic hydroxyl groups is 1. The van der Waals surface area contributed by atoms with Crippen molar-refractivity contribution in [3.8, 4) is 0 Å². The van der Waals surface area contributed by atoms with E-state index in [1.807, 2.05) is 0 Å². The van der Waals surface area contributed by atoms with Gasteiger partial charge < -0.3 is 15.5 Å². The summed E-state index contributed by atoms with van der Waals surface area (Å²) in [7, 11) is 0. The minimum Gasteiger partial charge on any atom is -0.478 e. The SMILES string of the molecule is O=C(O)c1cc([N+](=O)[O-])ccc1NCC1CC(O)C1. The highest BCUT2D eigenvalue weighted by atomic mass is 16.6. The molecule has 1 aliphatic carbocycles. The Morgan fingerprint density at radius 1 is 1.47 bits per heavy atom. The molecule has 1 aromatic rings. The molecule has 0 heterocycles. The van der Waals surface area contributed by atoms with Crippen LogP contribution in [-0.4, -0.2) is 33.8 Å². The highest BCUT2D eigenvalue weighted by Gasteiger charge is 2.27. The molecule has 0 spiro atoms. The van der Waals surface area contributed by atoms with Gasteiger partial charge in [-0.05, 0) is 24.8 Å². The summed E-state index contributed by atoms with van der Waals surface area (Å²) in [5, 5.41) is 31.8. The lowest BCUT2D eigenvalue weighted by Crippen LogP contribution is -2.33. The van der Waals surface area contributed by atoms with Crippen molar-refractivity contribution in [2.45, 2.75) is 18.9 Å². The zero-order chi connectivity index (χ0) is 14.0. The Hall–Kier alpha value is -2.15. The molecule has 1 saturated carbocycles. The molecule has 7 nitrogen and oxygen atoms in total. The van der Waals surface area contributed by atoms with E-state index in [0.29, 0.717) is 31.0 Å². The molecule has 0 aromatic heterocycles. The lowest BCUT2D eigenvalue weighted by molar-refractivity contribution is -0.384. The summed E-state index contributed by atoms with van der Waals surface area (Å²) in [5.74, 6) is -0.897. The molecule has 2 rings (SSSR count). The fourth-order valence-electron chi connectivity index (χ4n) is 2.10. The number of nitro groups is 1. The number of non-ortho nitro benzene ring substituents is 1. The summed E-state index contributed by atoms with van der Waals surface area (Å²) in [4.78, 5) is 21.1. The lowest BCUT2D eigenvalue weighted by Gasteiger charge is -2.31. The number of rotatable bonds is 5. The highest BCUT2D eigenvalue weighted by Crippen LogP contribution is 2.28. The smallest absolute Gasteiger partial charge is 0.338 e. The van der Waals surface area contributed by atoms with E-state index < -0.39 is 10.9 Å². The summed E-state index contributed by atoms with van der Waals surface area (Å²) in [6, 6.07) is 3.71. The van der Waals surface area contributed by atoms with Gasteiger partial charge in [-0.1, -0.05) is 0 Å². The Labute approximate surface area is 109 Å². The molecule has 19 heavy (non-hydrogen) atoms. The van der Waals surface area contributed by atoms with Crippen molar-refractivity contribution in [3.05, 3.63) is 33.9 Å². The minimum atomic E-state index is -1.21. The Kier molecular flexibility index (Phi) is 3.66. The third kappa shape index (κ3) is 3.00. The van der Waals surface area contributed by atoms with Gasteiger partial charge in [0.25, 0.3) is 5.69 Å². The van der Waals surface area contributed by atoms with Gasteiger partial charge in [-0.2, -0.15) is 0 Å². The zero-order valence-electron chi connectivity index (χ0n) is 10.1. The number of nitrogens with zero attached hydrogens (tertiary/aromatic N) is 1.